The zero-order valence-electron chi connectivity index (χ0n) is 13.1. The highest BCUT2D eigenvalue weighted by atomic mass is 16.5. The number of hydrazone groups is 1. The highest BCUT2D eigenvalue weighted by molar-refractivity contribution is 5.81. The van der Waals surface area contributed by atoms with Gasteiger partial charge >= 0.3 is 0 Å². The van der Waals surface area contributed by atoms with Gasteiger partial charge in [0.05, 0.1) is 0 Å². The van der Waals surface area contributed by atoms with Crippen molar-refractivity contribution in [3.63, 3.8) is 0 Å². The number of nitrogens with zero attached hydrogens (tertiary/aromatic N) is 1. The summed E-state index contributed by atoms with van der Waals surface area (Å²) < 4.78 is 5.39. The van der Waals surface area contributed by atoms with E-state index in [0.29, 0.717) is 5.75 Å². The van der Waals surface area contributed by atoms with Gasteiger partial charge in [-0.2, -0.15) is 5.10 Å². The number of ether oxygens (including phenoxy) is 1. The third-order valence-corrected chi connectivity index (χ3v) is 3.14. The molecule has 0 heterocycles. The molecule has 2 aromatic rings. The van der Waals surface area contributed by atoms with Crippen LogP contribution in [0.2, 0.25) is 0 Å². The van der Waals surface area contributed by atoms with E-state index >= 15 is 0 Å². The zero-order chi connectivity index (χ0) is 16.3. The number of amides is 1. The predicted octanol–water partition coefficient (Wildman–Crippen LogP) is 3.44. The van der Waals surface area contributed by atoms with Crippen LogP contribution in [0.15, 0.2) is 65.8 Å². The molecule has 0 unspecified atom stereocenters. The Kier molecular flexibility index (Phi) is 6.60. The molecule has 0 aliphatic heterocycles. The number of carbonyl (C=O) groups is 1. The molecule has 0 bridgehead atoms. The van der Waals surface area contributed by atoms with Crippen molar-refractivity contribution in [2.75, 3.05) is 6.61 Å². The van der Waals surface area contributed by atoms with E-state index in [1.165, 1.54) is 11.8 Å². The molecule has 0 aliphatic rings. The van der Waals surface area contributed by atoms with Gasteiger partial charge in [0.15, 0.2) is 6.61 Å². The van der Waals surface area contributed by atoms with Crippen molar-refractivity contribution in [2.45, 2.75) is 13.3 Å². The summed E-state index contributed by atoms with van der Waals surface area (Å²) in [5.74, 6) is 0.374. The molecule has 0 saturated heterocycles. The lowest BCUT2D eigenvalue weighted by Gasteiger charge is -2.05. The molecule has 4 heteroatoms. The molecule has 0 aromatic heterocycles. The first-order valence-electron chi connectivity index (χ1n) is 7.53. The lowest BCUT2D eigenvalue weighted by atomic mass is 10.2. The van der Waals surface area contributed by atoms with Gasteiger partial charge in [-0.05, 0) is 35.8 Å². The molecule has 0 saturated carbocycles. The average molecular weight is 308 g/mol. The first kappa shape index (κ1) is 16.5. The minimum Gasteiger partial charge on any atom is -0.484 e. The minimum absolute atomic E-state index is 0.0643. The Labute approximate surface area is 136 Å². The summed E-state index contributed by atoms with van der Waals surface area (Å²) >= 11 is 0. The van der Waals surface area contributed by atoms with Crippen molar-refractivity contribution in [1.29, 1.82) is 0 Å². The highest BCUT2D eigenvalue weighted by Gasteiger charge is 2.00. The lowest BCUT2D eigenvalue weighted by Crippen LogP contribution is -2.24. The molecule has 0 atom stereocenters. The number of allylic oxidation sites excluding steroid dienone is 1. The Hall–Kier alpha value is -2.88. The van der Waals surface area contributed by atoms with Crippen LogP contribution in [0.4, 0.5) is 0 Å². The fourth-order valence-corrected chi connectivity index (χ4v) is 1.87. The van der Waals surface area contributed by atoms with E-state index in [2.05, 4.69) is 17.5 Å². The van der Waals surface area contributed by atoms with Crippen LogP contribution in [-0.4, -0.2) is 18.7 Å². The van der Waals surface area contributed by atoms with Crippen LogP contribution in [0.1, 0.15) is 18.1 Å². The maximum atomic E-state index is 11.6. The fourth-order valence-electron chi connectivity index (χ4n) is 1.87. The largest absolute Gasteiger partial charge is 0.484 e. The normalized spacial score (nSPS) is 11.0. The second-order valence-corrected chi connectivity index (χ2v) is 4.87. The molecule has 2 aromatic carbocycles. The molecule has 0 fully saturated rings. The van der Waals surface area contributed by atoms with E-state index < -0.39 is 0 Å². The summed E-state index contributed by atoms with van der Waals surface area (Å²) in [7, 11) is 0. The van der Waals surface area contributed by atoms with Crippen molar-refractivity contribution < 1.29 is 9.53 Å². The SMILES string of the molecule is CCc1ccc(OCC(=O)NN=CC=Cc2ccccc2)cc1. The Balaban J connectivity index is 1.70. The van der Waals surface area contributed by atoms with E-state index in [9.17, 15) is 4.79 Å². The standard InChI is InChI=1S/C19H20N2O2/c1-2-16-10-12-18(13-11-16)23-15-19(22)21-20-14-6-9-17-7-4-3-5-8-17/h3-14H,2,15H2,1H3,(H,21,22). The smallest absolute Gasteiger partial charge is 0.277 e. The summed E-state index contributed by atoms with van der Waals surface area (Å²) in [4.78, 5) is 11.6. The first-order valence-corrected chi connectivity index (χ1v) is 7.53. The number of hydrogen-bond acceptors (Lipinski definition) is 3. The molecular weight excluding hydrogens is 288 g/mol. The van der Waals surface area contributed by atoms with Crippen molar-refractivity contribution >= 4 is 18.2 Å². The van der Waals surface area contributed by atoms with E-state index in [1.807, 2.05) is 60.7 Å². The van der Waals surface area contributed by atoms with E-state index in [4.69, 9.17) is 4.74 Å². The van der Waals surface area contributed by atoms with Gasteiger partial charge in [-0.3, -0.25) is 4.79 Å². The summed E-state index contributed by atoms with van der Waals surface area (Å²) in [6.45, 7) is 2.03. The predicted molar refractivity (Wildman–Crippen MR) is 93.4 cm³/mol. The van der Waals surface area contributed by atoms with Gasteiger partial charge in [0.25, 0.3) is 5.91 Å². The molecule has 0 radical (unpaired) electrons. The number of benzene rings is 2. The van der Waals surface area contributed by atoms with Gasteiger partial charge in [0.2, 0.25) is 0 Å². The topological polar surface area (TPSA) is 50.7 Å². The maximum Gasteiger partial charge on any atom is 0.277 e. The number of nitrogens with one attached hydrogen (secondary N) is 1. The van der Waals surface area contributed by atoms with Gasteiger partial charge in [0, 0.05) is 6.21 Å². The Morgan fingerprint density at radius 1 is 1.13 bits per heavy atom. The van der Waals surface area contributed by atoms with Crippen molar-refractivity contribution in [3.05, 3.63) is 71.8 Å². The van der Waals surface area contributed by atoms with Crippen LogP contribution in [-0.2, 0) is 11.2 Å². The third kappa shape index (κ3) is 6.18. The number of rotatable bonds is 7. The molecule has 0 aliphatic carbocycles. The Morgan fingerprint density at radius 2 is 1.87 bits per heavy atom. The summed E-state index contributed by atoms with van der Waals surface area (Å²) in [5, 5.41) is 3.83. The number of aryl methyl sites for hydroxylation is 1. The van der Waals surface area contributed by atoms with E-state index in [0.717, 1.165) is 12.0 Å². The van der Waals surface area contributed by atoms with Gasteiger partial charge in [-0.15, -0.1) is 0 Å². The van der Waals surface area contributed by atoms with Crippen LogP contribution >= 0.6 is 0 Å². The molecule has 1 amide bonds. The van der Waals surface area contributed by atoms with Crippen LogP contribution in [0.5, 0.6) is 5.75 Å². The lowest BCUT2D eigenvalue weighted by molar-refractivity contribution is -0.123. The van der Waals surface area contributed by atoms with Gasteiger partial charge in [-0.1, -0.05) is 55.5 Å². The molecule has 1 N–H and O–H groups in total. The van der Waals surface area contributed by atoms with Crippen molar-refractivity contribution in [1.82, 2.24) is 5.43 Å². The van der Waals surface area contributed by atoms with Crippen LogP contribution in [0.3, 0.4) is 0 Å². The second-order valence-electron chi connectivity index (χ2n) is 4.87. The monoisotopic (exact) mass is 308 g/mol. The molecular formula is C19H20N2O2. The van der Waals surface area contributed by atoms with E-state index in [-0.39, 0.29) is 12.5 Å². The van der Waals surface area contributed by atoms with Crippen LogP contribution in [0, 0.1) is 0 Å². The van der Waals surface area contributed by atoms with Crippen LogP contribution < -0.4 is 10.2 Å². The number of hydrogen-bond donors (Lipinski definition) is 1. The summed E-state index contributed by atoms with van der Waals surface area (Å²) in [6.07, 6.45) is 6.17. The highest BCUT2D eigenvalue weighted by Crippen LogP contribution is 2.12. The van der Waals surface area contributed by atoms with Crippen LogP contribution in [0.25, 0.3) is 6.08 Å². The molecule has 4 nitrogen and oxygen atoms in total. The third-order valence-electron chi connectivity index (χ3n) is 3.14. The van der Waals surface area contributed by atoms with E-state index in [1.54, 1.807) is 6.08 Å². The molecule has 118 valence electrons. The minimum atomic E-state index is -0.297. The van der Waals surface area contributed by atoms with Gasteiger partial charge in [0.1, 0.15) is 5.75 Å². The molecule has 2 rings (SSSR count). The maximum absolute atomic E-state index is 11.6. The molecule has 23 heavy (non-hydrogen) atoms. The summed E-state index contributed by atoms with van der Waals surface area (Å²) in [5.41, 5.74) is 4.72. The second kappa shape index (κ2) is 9.20. The van der Waals surface area contributed by atoms with Crippen molar-refractivity contribution in [2.24, 2.45) is 5.10 Å². The quantitative estimate of drug-likeness (QED) is 0.629. The number of carbonyl (C=O) groups excluding carboxylic acids is 1. The fraction of sp³-hybridized carbons (Fsp3) is 0.158. The summed E-state index contributed by atoms with van der Waals surface area (Å²) in [6, 6.07) is 17.5. The van der Waals surface area contributed by atoms with Gasteiger partial charge in [-0.25, -0.2) is 5.43 Å². The van der Waals surface area contributed by atoms with Crippen molar-refractivity contribution in [3.8, 4) is 5.75 Å². The zero-order valence-corrected chi connectivity index (χ0v) is 13.1. The Morgan fingerprint density at radius 3 is 2.57 bits per heavy atom. The first-order chi connectivity index (χ1) is 11.3. The average Bonchev–Trinajstić information content (AvgIpc) is 2.61. The molecule has 0 spiro atoms. The Bertz CT molecular complexity index is 662. The van der Waals surface area contributed by atoms with Gasteiger partial charge < -0.3 is 4.74 Å².